The summed E-state index contributed by atoms with van der Waals surface area (Å²) in [6.07, 6.45) is -0.307. The van der Waals surface area contributed by atoms with E-state index in [4.69, 9.17) is 69.6 Å². The molecular weight excluding hydrogens is 1580 g/mol. The average Bonchev–Trinajstić information content (AvgIpc) is 0.833. The minimum Gasteiger partial charge on any atom is -0.768 e. The maximum atomic E-state index is 11.8. The quantitative estimate of drug-likeness (QED) is 0.0204. The van der Waals surface area contributed by atoms with Gasteiger partial charge in [0, 0.05) is 48.8 Å². The summed E-state index contributed by atoms with van der Waals surface area (Å²) in [5.41, 5.74) is 1.60. The molecule has 2 amide bonds. The first-order chi connectivity index (χ1) is 50.9. The Labute approximate surface area is 632 Å². The molecule has 0 aliphatic heterocycles. The van der Waals surface area contributed by atoms with Gasteiger partial charge in [-0.3, -0.25) is 44.4 Å². The summed E-state index contributed by atoms with van der Waals surface area (Å²) in [5, 5.41) is 81.9. The van der Waals surface area contributed by atoms with E-state index < -0.39 is 171 Å². The van der Waals surface area contributed by atoms with Gasteiger partial charge in [-0.25, -0.2) is 33.6 Å². The van der Waals surface area contributed by atoms with Crippen LogP contribution in [0.5, 0.6) is 28.7 Å². The lowest BCUT2D eigenvalue weighted by atomic mass is 10.0. The Morgan fingerprint density at radius 3 is 1.36 bits per heavy atom. The third-order valence-electron chi connectivity index (χ3n) is 12.7. The van der Waals surface area contributed by atoms with Gasteiger partial charge in [-0.1, -0.05) is 26.0 Å². The van der Waals surface area contributed by atoms with Crippen molar-refractivity contribution in [1.29, 1.82) is 0 Å². The molecule has 11 N–H and O–H groups in total. The molecule has 7 atom stereocenters. The largest absolute Gasteiger partial charge is 0.768 e. The molecular formula is C64H66N2O37S6-6. The molecule has 0 fully saturated rings. The molecule has 596 valence electrons. The normalized spacial score (nSPS) is 12.2. The standard InChI is InChI=1S/C15H19NO8S.C15H21NO6S.C10H10O8S.C9H8O7S.C8H8O4S.C7H6O4S/c1-8-5-10(6-9(2)14(8)25(22)23)24-7-12(17)16-11(15(20)21)3-4-13(18)19;1-10(2)12-8-11(5-6-13(12)23(20)21)22-9-14(17)16-7-3-4-15(18)19;11-9(12)4-17-7-2-1-6(19(15)16)3-8(7)18-5-10(13)14;10-8(11)4-16-7-2-1-5(17(14)15)3-6(7)9(12)13;1-5-2-3-6(8(9)10)4-7(5)13(11)12;8-7(9)5-2-1-3-6(4-5)12(10)11/h5-6,11H,3-4,7H2,1-2H3,(H,16,17)(H,18,19)(H,20,21)(H,22,23);5-6,8,10H,3-4,7,9H2,1-2H3,(H,16,17)(H,18,19)(H,20,21);1-3H,4-5H2,(H,11,12)(H,13,14)(H,15,16);1-3H,4H2,(H,10,11)(H,12,13)(H,14,15);2-4H,1H3,(H,9,10)(H,11,12);1-4H,(H,8,9)(H,10,11)/p-6. The third kappa shape index (κ3) is 38.0. The van der Waals surface area contributed by atoms with Gasteiger partial charge in [0.15, 0.2) is 44.5 Å². The van der Waals surface area contributed by atoms with Gasteiger partial charge in [0.2, 0.25) is 0 Å². The number of benzene rings is 6. The molecule has 0 heterocycles. The van der Waals surface area contributed by atoms with Crippen molar-refractivity contribution in [1.82, 2.24) is 10.6 Å². The Morgan fingerprint density at radius 1 is 0.413 bits per heavy atom. The highest BCUT2D eigenvalue weighted by atomic mass is 32.2. The molecule has 0 aliphatic rings. The summed E-state index contributed by atoms with van der Waals surface area (Å²) in [7, 11) is 0. The Balaban J connectivity index is 0.000000665. The van der Waals surface area contributed by atoms with Crippen LogP contribution in [0.1, 0.15) is 98.8 Å². The van der Waals surface area contributed by atoms with Gasteiger partial charge >= 0.3 is 53.7 Å². The minimum absolute atomic E-state index is 0.00343. The van der Waals surface area contributed by atoms with Crippen molar-refractivity contribution in [3.63, 3.8) is 0 Å². The Bertz CT molecular complexity index is 4340. The molecule has 109 heavy (non-hydrogen) atoms. The number of aryl methyl sites for hydroxylation is 3. The highest BCUT2D eigenvalue weighted by Gasteiger charge is 2.22. The second-order valence-corrected chi connectivity index (χ2v) is 26.7. The summed E-state index contributed by atoms with van der Waals surface area (Å²) in [4.78, 5) is 118. The van der Waals surface area contributed by atoms with E-state index in [0.29, 0.717) is 34.4 Å². The topological polar surface area (TPSA) is 681 Å². The lowest BCUT2D eigenvalue weighted by Gasteiger charge is -2.16. The van der Waals surface area contributed by atoms with E-state index in [1.165, 1.54) is 66.7 Å². The molecule has 0 radical (unpaired) electrons. The molecule has 6 rings (SSSR count). The number of hydrogen-bond donors (Lipinski definition) is 11. The molecule has 39 nitrogen and oxygen atoms in total. The highest BCUT2D eigenvalue weighted by Crippen LogP contribution is 2.31. The number of aliphatic carboxylic acids is 6. The average molecular weight is 1650 g/mol. The van der Waals surface area contributed by atoms with E-state index in [1.807, 2.05) is 13.8 Å². The summed E-state index contributed by atoms with van der Waals surface area (Å²) < 4.78 is 154. The van der Waals surface area contributed by atoms with Crippen LogP contribution in [0.4, 0.5) is 0 Å². The van der Waals surface area contributed by atoms with Crippen molar-refractivity contribution in [3.05, 3.63) is 148 Å². The minimum atomic E-state index is -2.56. The van der Waals surface area contributed by atoms with Crippen LogP contribution in [0.15, 0.2) is 139 Å². The van der Waals surface area contributed by atoms with E-state index in [2.05, 4.69) is 10.6 Å². The monoisotopic (exact) mass is 1650 g/mol. The summed E-state index contributed by atoms with van der Waals surface area (Å²) in [5.74, 6) is -11.7. The lowest BCUT2D eigenvalue weighted by molar-refractivity contribution is -0.143. The first-order valence-corrected chi connectivity index (χ1v) is 36.3. The Morgan fingerprint density at radius 2 is 0.890 bits per heavy atom. The van der Waals surface area contributed by atoms with Gasteiger partial charge in [0.25, 0.3) is 11.8 Å². The zero-order chi connectivity index (χ0) is 83.1. The highest BCUT2D eigenvalue weighted by molar-refractivity contribution is 7.80. The number of carbonyl (C=O) groups is 11. The zero-order valence-electron chi connectivity index (χ0n) is 57.0. The molecule has 0 bridgehead atoms. The van der Waals surface area contributed by atoms with Crippen molar-refractivity contribution < 1.29 is 175 Å². The van der Waals surface area contributed by atoms with Gasteiger partial charge in [0.05, 0.1) is 11.1 Å². The smallest absolute Gasteiger partial charge is 0.341 e. The fourth-order valence-electron chi connectivity index (χ4n) is 7.85. The molecule has 6 aromatic rings. The number of nitrogens with one attached hydrogen (secondary N) is 2. The summed E-state index contributed by atoms with van der Waals surface area (Å²) in [6, 6.07) is 21.7. The predicted molar refractivity (Wildman–Crippen MR) is 368 cm³/mol. The third-order valence-corrected chi connectivity index (χ3v) is 17.1. The van der Waals surface area contributed by atoms with Crippen molar-refractivity contribution in [3.8, 4) is 28.7 Å². The molecule has 6 aromatic carbocycles. The van der Waals surface area contributed by atoms with E-state index in [9.17, 15) is 105 Å². The number of rotatable bonds is 34. The maximum absolute atomic E-state index is 11.8. The predicted octanol–water partition coefficient (Wildman–Crippen LogP) is 3.25. The Kier molecular flexibility index (Phi) is 43.4. The van der Waals surface area contributed by atoms with Gasteiger partial charge in [-0.15, -0.1) is 0 Å². The number of ether oxygens (including phenoxy) is 5. The second kappa shape index (κ2) is 49.2. The van der Waals surface area contributed by atoms with Crippen LogP contribution in [0, 0.1) is 20.8 Å². The van der Waals surface area contributed by atoms with E-state index >= 15 is 0 Å². The Hall–Kier alpha value is -10.9. The lowest BCUT2D eigenvalue weighted by Crippen LogP contribution is -2.43. The van der Waals surface area contributed by atoms with Crippen molar-refractivity contribution in [2.24, 2.45) is 0 Å². The first-order valence-electron chi connectivity index (χ1n) is 29.9. The van der Waals surface area contributed by atoms with Crippen LogP contribution >= 0.6 is 0 Å². The molecule has 0 saturated heterocycles. The number of hydrogen-bond acceptors (Lipinski definition) is 28. The number of carboxylic acid groups (broad SMARTS) is 9. The van der Waals surface area contributed by atoms with E-state index in [1.54, 1.807) is 26.8 Å². The fourth-order valence-corrected chi connectivity index (χ4v) is 10.9. The van der Waals surface area contributed by atoms with Crippen LogP contribution in [0.25, 0.3) is 0 Å². The molecule has 0 aliphatic carbocycles. The number of aromatic carboxylic acids is 3. The molecule has 45 heteroatoms. The number of amides is 2. The number of carbonyl (C=O) groups excluding carboxylic acids is 2. The molecule has 0 aromatic heterocycles. The van der Waals surface area contributed by atoms with Crippen molar-refractivity contribution >= 4 is 132 Å². The van der Waals surface area contributed by atoms with Crippen LogP contribution in [0.3, 0.4) is 0 Å². The van der Waals surface area contributed by atoms with Crippen LogP contribution < -0.4 is 34.3 Å². The van der Waals surface area contributed by atoms with E-state index in [0.717, 1.165) is 36.4 Å². The van der Waals surface area contributed by atoms with Crippen molar-refractivity contribution in [2.45, 2.75) is 102 Å². The van der Waals surface area contributed by atoms with Gasteiger partial charge < -0.3 is 108 Å². The molecule has 7 unspecified atom stereocenters. The molecule has 0 saturated carbocycles. The summed E-state index contributed by atoms with van der Waals surface area (Å²) >= 11 is -14.6. The van der Waals surface area contributed by atoms with Crippen molar-refractivity contribution in [2.75, 3.05) is 39.6 Å². The van der Waals surface area contributed by atoms with Crippen LogP contribution in [0.2, 0.25) is 0 Å². The first kappa shape index (κ1) is 96.2. The maximum Gasteiger partial charge on any atom is 0.341 e. The van der Waals surface area contributed by atoms with Gasteiger partial charge in [-0.2, -0.15) is 0 Å². The summed E-state index contributed by atoms with van der Waals surface area (Å²) in [6.45, 7) is 5.97. The SMILES string of the molecule is CC(C)c1cc(OCC(=O)NCCCC(=O)O)ccc1S(=O)[O-].Cc1cc(OCC(=O)NC(CCC(=O)O)C(=O)O)cc(C)c1S(=O)[O-].Cc1ccc(C(=O)O)cc1S(=O)[O-].O=C(O)COc1ccc(S(=O)[O-])cc1C(=O)O.O=C(O)COc1ccc(S(=O)[O-])cc1OCC(=O)O.O=C(O)c1cccc(S(=O)[O-])c1. The second-order valence-electron chi connectivity index (χ2n) is 21.2. The van der Waals surface area contributed by atoms with Gasteiger partial charge in [-0.05, 0) is 225 Å². The van der Waals surface area contributed by atoms with Crippen LogP contribution in [-0.2, 0) is 105 Å². The number of carboxylic acids is 9. The van der Waals surface area contributed by atoms with Crippen LogP contribution in [-0.4, -0.2) is 210 Å². The zero-order valence-corrected chi connectivity index (χ0v) is 61.9. The fraction of sp³-hybridized carbons (Fsp3) is 0.266. The molecule has 0 spiro atoms. The van der Waals surface area contributed by atoms with Gasteiger partial charge in [0.1, 0.15) is 28.9 Å². The van der Waals surface area contributed by atoms with E-state index in [-0.39, 0.29) is 101 Å².